The normalized spacial score (nSPS) is 13.6. The summed E-state index contributed by atoms with van der Waals surface area (Å²) < 4.78 is 0. The van der Waals surface area contributed by atoms with Crippen LogP contribution in [0.4, 0.5) is 0 Å². The van der Waals surface area contributed by atoms with Crippen molar-refractivity contribution in [2.75, 3.05) is 6.61 Å². The van der Waals surface area contributed by atoms with E-state index in [9.17, 15) is 5.11 Å². The number of nitrogens with one attached hydrogen (secondary N) is 1. The van der Waals surface area contributed by atoms with Crippen LogP contribution in [-0.2, 0) is 0 Å². The van der Waals surface area contributed by atoms with Crippen LogP contribution in [0.1, 0.15) is 25.3 Å². The summed E-state index contributed by atoms with van der Waals surface area (Å²) in [6.45, 7) is 4.44. The third-order valence-electron chi connectivity index (χ3n) is 2.87. The van der Waals surface area contributed by atoms with E-state index in [-0.39, 0.29) is 12.5 Å². The van der Waals surface area contributed by atoms with E-state index < -0.39 is 0 Å². The Hall–Kier alpha value is -1.35. The van der Waals surface area contributed by atoms with E-state index in [0.717, 1.165) is 11.0 Å². The second-order valence-electron chi connectivity index (χ2n) is 4.21. The molecule has 1 aromatic carbocycles. The minimum Gasteiger partial charge on any atom is -0.396 e. The number of aliphatic hydroxyl groups is 1. The summed E-state index contributed by atoms with van der Waals surface area (Å²) in [6.07, 6.45) is 1.69. The first-order valence-electron chi connectivity index (χ1n) is 5.26. The van der Waals surface area contributed by atoms with Crippen LogP contribution in [0.15, 0.2) is 24.5 Å². The Morgan fingerprint density at radius 3 is 2.87 bits per heavy atom. The first-order valence-corrected chi connectivity index (χ1v) is 5.26. The highest BCUT2D eigenvalue weighted by Gasteiger charge is 2.15. The Balaban J connectivity index is 2.41. The Kier molecular flexibility index (Phi) is 2.73. The molecule has 2 rings (SSSR count). The van der Waals surface area contributed by atoms with Gasteiger partial charge >= 0.3 is 0 Å². The number of nitrogens with zero attached hydrogens (tertiary/aromatic N) is 1. The van der Waals surface area contributed by atoms with Crippen LogP contribution in [-0.4, -0.2) is 21.7 Å². The van der Waals surface area contributed by atoms with Crippen LogP contribution in [0, 0.1) is 5.92 Å². The number of hydrogen-bond acceptors (Lipinski definition) is 2. The van der Waals surface area contributed by atoms with Crippen molar-refractivity contribution < 1.29 is 5.11 Å². The highest BCUT2D eigenvalue weighted by atomic mass is 16.3. The first kappa shape index (κ1) is 10.2. The van der Waals surface area contributed by atoms with Gasteiger partial charge in [-0.15, -0.1) is 0 Å². The van der Waals surface area contributed by atoms with Crippen LogP contribution < -0.4 is 0 Å². The maximum absolute atomic E-state index is 9.35. The van der Waals surface area contributed by atoms with Crippen molar-refractivity contribution in [2.45, 2.75) is 19.8 Å². The first-order chi connectivity index (χ1) is 7.22. The van der Waals surface area contributed by atoms with Crippen LogP contribution >= 0.6 is 0 Å². The van der Waals surface area contributed by atoms with E-state index in [1.165, 1.54) is 5.56 Å². The lowest BCUT2D eigenvalue weighted by Crippen LogP contribution is -2.10. The van der Waals surface area contributed by atoms with Crippen molar-refractivity contribution in [3.8, 4) is 0 Å². The van der Waals surface area contributed by atoms with Gasteiger partial charge in [0.05, 0.1) is 24.0 Å². The minimum atomic E-state index is 0.192. The van der Waals surface area contributed by atoms with Crippen LogP contribution in [0.2, 0.25) is 0 Å². The lowest BCUT2D eigenvalue weighted by molar-refractivity contribution is 0.237. The smallest absolute Gasteiger partial charge is 0.0931 e. The molecule has 2 aromatic rings. The Bertz CT molecular complexity index is 448. The molecular formula is C12H16N2O. The lowest BCUT2D eigenvalue weighted by atomic mass is 9.89. The summed E-state index contributed by atoms with van der Waals surface area (Å²) in [5.74, 6) is 0.646. The van der Waals surface area contributed by atoms with Gasteiger partial charge in [-0.05, 0) is 23.6 Å². The number of H-pyrrole nitrogens is 1. The molecule has 0 saturated carbocycles. The molecule has 0 aliphatic rings. The molecule has 0 aliphatic heterocycles. The van der Waals surface area contributed by atoms with Gasteiger partial charge < -0.3 is 10.1 Å². The molecule has 0 amide bonds. The largest absolute Gasteiger partial charge is 0.396 e. The summed E-state index contributed by atoms with van der Waals surface area (Å²) in [4.78, 5) is 7.26. The second kappa shape index (κ2) is 4.03. The fourth-order valence-electron chi connectivity index (χ4n) is 1.88. The number of aliphatic hydroxyl groups excluding tert-OH is 1. The molecule has 15 heavy (non-hydrogen) atoms. The number of imidazole rings is 1. The van der Waals surface area contributed by atoms with Gasteiger partial charge in [0.15, 0.2) is 0 Å². The standard InChI is InChI=1S/C12H16N2O/c1-8(2)10(6-15)9-3-4-11-12(5-9)14-7-13-11/h3-5,7-8,10,15H,6H2,1-2H3,(H,13,14). The van der Waals surface area contributed by atoms with Gasteiger partial charge in [-0.3, -0.25) is 0 Å². The molecular weight excluding hydrogens is 188 g/mol. The zero-order valence-corrected chi connectivity index (χ0v) is 9.07. The molecule has 1 unspecified atom stereocenters. The van der Waals surface area contributed by atoms with Crippen molar-refractivity contribution in [1.29, 1.82) is 0 Å². The van der Waals surface area contributed by atoms with Gasteiger partial charge in [-0.2, -0.15) is 0 Å². The number of aromatic amines is 1. The Labute approximate surface area is 89.2 Å². The molecule has 3 nitrogen and oxygen atoms in total. The van der Waals surface area contributed by atoms with E-state index in [1.807, 2.05) is 12.1 Å². The predicted molar refractivity (Wildman–Crippen MR) is 60.8 cm³/mol. The van der Waals surface area contributed by atoms with E-state index >= 15 is 0 Å². The fraction of sp³-hybridized carbons (Fsp3) is 0.417. The monoisotopic (exact) mass is 204 g/mol. The molecule has 1 heterocycles. The molecule has 0 aliphatic carbocycles. The SMILES string of the molecule is CC(C)C(CO)c1ccc2nc[nH]c2c1. The lowest BCUT2D eigenvalue weighted by Gasteiger charge is -2.18. The van der Waals surface area contributed by atoms with E-state index in [0.29, 0.717) is 5.92 Å². The van der Waals surface area contributed by atoms with Crippen LogP contribution in [0.3, 0.4) is 0 Å². The molecule has 3 heteroatoms. The number of benzene rings is 1. The van der Waals surface area contributed by atoms with Gasteiger partial charge in [0.2, 0.25) is 0 Å². The van der Waals surface area contributed by atoms with Crippen molar-refractivity contribution in [3.63, 3.8) is 0 Å². The van der Waals surface area contributed by atoms with E-state index in [1.54, 1.807) is 6.33 Å². The zero-order chi connectivity index (χ0) is 10.8. The third kappa shape index (κ3) is 1.88. The van der Waals surface area contributed by atoms with Gasteiger partial charge in [-0.1, -0.05) is 19.9 Å². The second-order valence-corrected chi connectivity index (χ2v) is 4.21. The average Bonchev–Trinajstić information content (AvgIpc) is 2.65. The molecule has 80 valence electrons. The molecule has 0 radical (unpaired) electrons. The number of rotatable bonds is 3. The number of hydrogen-bond donors (Lipinski definition) is 2. The molecule has 2 N–H and O–H groups in total. The van der Waals surface area contributed by atoms with Crippen molar-refractivity contribution in [1.82, 2.24) is 9.97 Å². The van der Waals surface area contributed by atoms with Crippen LogP contribution in [0.25, 0.3) is 11.0 Å². The molecule has 0 fully saturated rings. The number of fused-ring (bicyclic) bond motifs is 1. The zero-order valence-electron chi connectivity index (χ0n) is 9.07. The minimum absolute atomic E-state index is 0.192. The van der Waals surface area contributed by atoms with Crippen molar-refractivity contribution in [2.24, 2.45) is 5.92 Å². The van der Waals surface area contributed by atoms with Crippen molar-refractivity contribution >= 4 is 11.0 Å². The summed E-state index contributed by atoms with van der Waals surface area (Å²) in [6, 6.07) is 6.11. The highest BCUT2D eigenvalue weighted by Crippen LogP contribution is 2.25. The maximum atomic E-state index is 9.35. The predicted octanol–water partition coefficient (Wildman–Crippen LogP) is 2.29. The maximum Gasteiger partial charge on any atom is 0.0931 e. The van der Waals surface area contributed by atoms with E-state index in [4.69, 9.17) is 0 Å². The quantitative estimate of drug-likeness (QED) is 0.806. The molecule has 1 aromatic heterocycles. The molecule has 0 spiro atoms. The van der Waals surface area contributed by atoms with Crippen LogP contribution in [0.5, 0.6) is 0 Å². The molecule has 1 atom stereocenters. The fourth-order valence-corrected chi connectivity index (χ4v) is 1.88. The molecule has 0 saturated heterocycles. The van der Waals surface area contributed by atoms with Crippen molar-refractivity contribution in [3.05, 3.63) is 30.1 Å². The Morgan fingerprint density at radius 2 is 2.20 bits per heavy atom. The highest BCUT2D eigenvalue weighted by molar-refractivity contribution is 5.75. The van der Waals surface area contributed by atoms with E-state index in [2.05, 4.69) is 29.9 Å². The molecule has 0 bridgehead atoms. The van der Waals surface area contributed by atoms with Gasteiger partial charge in [0.25, 0.3) is 0 Å². The Morgan fingerprint density at radius 1 is 1.40 bits per heavy atom. The summed E-state index contributed by atoms with van der Waals surface area (Å²) in [5, 5.41) is 9.35. The van der Waals surface area contributed by atoms with Gasteiger partial charge in [0.1, 0.15) is 0 Å². The van der Waals surface area contributed by atoms with Gasteiger partial charge in [-0.25, -0.2) is 4.98 Å². The summed E-state index contributed by atoms with van der Waals surface area (Å²) in [5.41, 5.74) is 3.18. The average molecular weight is 204 g/mol. The third-order valence-corrected chi connectivity index (χ3v) is 2.87. The summed E-state index contributed by atoms with van der Waals surface area (Å²) >= 11 is 0. The topological polar surface area (TPSA) is 48.9 Å². The van der Waals surface area contributed by atoms with Gasteiger partial charge in [0, 0.05) is 5.92 Å². The summed E-state index contributed by atoms with van der Waals surface area (Å²) in [7, 11) is 0. The number of aromatic nitrogens is 2.